The molecule has 3 nitrogen and oxygen atoms in total. The first-order chi connectivity index (χ1) is 8.04. The van der Waals surface area contributed by atoms with Crippen molar-refractivity contribution in [1.82, 2.24) is 0 Å². The van der Waals surface area contributed by atoms with Gasteiger partial charge in [0.05, 0.1) is 5.56 Å². The number of hydrogen-bond acceptors (Lipinski definition) is 3. The van der Waals surface area contributed by atoms with Gasteiger partial charge in [-0.15, -0.1) is 0 Å². The summed E-state index contributed by atoms with van der Waals surface area (Å²) in [5, 5.41) is 0. The maximum atomic E-state index is 12.1. The summed E-state index contributed by atoms with van der Waals surface area (Å²) in [5.41, 5.74) is 0.109. The van der Waals surface area contributed by atoms with Crippen LogP contribution in [0.2, 0.25) is 0 Å². The van der Waals surface area contributed by atoms with E-state index in [4.69, 9.17) is 4.74 Å². The molecular weight excluding hydrogens is 237 g/mol. The molecule has 92 valence electrons. The lowest BCUT2D eigenvalue weighted by Gasteiger charge is -2.05. The molecule has 1 rings (SSSR count). The summed E-state index contributed by atoms with van der Waals surface area (Å²) < 4.78 is 44.7. The molecule has 0 radical (unpaired) electrons. The lowest BCUT2D eigenvalue weighted by atomic mass is 10.2. The Morgan fingerprint density at radius 3 is 2.29 bits per heavy atom. The average Bonchev–Trinajstić information content (AvgIpc) is 2.30. The summed E-state index contributed by atoms with van der Waals surface area (Å²) in [6, 6.07) is 5.19. The third-order valence-corrected chi connectivity index (χ3v) is 1.81. The number of ether oxygens (including phenoxy) is 2. The Labute approximate surface area is 95.5 Å². The van der Waals surface area contributed by atoms with Crippen molar-refractivity contribution in [2.75, 3.05) is 6.86 Å². The second-order valence-corrected chi connectivity index (χ2v) is 2.98. The molecule has 0 aliphatic rings. The van der Waals surface area contributed by atoms with Gasteiger partial charge in [-0.3, -0.25) is 0 Å². The first-order valence-electron chi connectivity index (χ1n) is 4.57. The number of allylic oxidation sites excluding steroid dienone is 1. The van der Waals surface area contributed by atoms with E-state index in [2.05, 4.69) is 4.74 Å². The zero-order chi connectivity index (χ0) is 12.8. The molecule has 0 aromatic heterocycles. The molecule has 0 unspecified atom stereocenters. The van der Waals surface area contributed by atoms with E-state index in [1.807, 2.05) is 0 Å². The standard InChI is InChI=1S/C11H9F3O3/c1-7(10(13)14)17-9-4-2-8(3-5-9)11(15)16-6-12/h2-5H,6H2,1H3. The summed E-state index contributed by atoms with van der Waals surface area (Å²) in [6.45, 7) is -0.105. The topological polar surface area (TPSA) is 35.5 Å². The fourth-order valence-electron chi connectivity index (χ4n) is 1.01. The molecule has 0 N–H and O–H groups in total. The van der Waals surface area contributed by atoms with Crippen molar-refractivity contribution in [1.29, 1.82) is 0 Å². The third kappa shape index (κ3) is 3.82. The van der Waals surface area contributed by atoms with Crippen LogP contribution in [0.1, 0.15) is 17.3 Å². The first-order valence-corrected chi connectivity index (χ1v) is 4.57. The normalized spacial score (nSPS) is 9.65. The van der Waals surface area contributed by atoms with Gasteiger partial charge in [-0.2, -0.15) is 8.78 Å². The molecule has 0 aliphatic carbocycles. The number of hydrogen-bond donors (Lipinski definition) is 0. The van der Waals surface area contributed by atoms with E-state index in [1.165, 1.54) is 24.3 Å². The third-order valence-electron chi connectivity index (χ3n) is 1.81. The van der Waals surface area contributed by atoms with Crippen LogP contribution in [0.4, 0.5) is 13.2 Å². The largest absolute Gasteiger partial charge is 0.456 e. The van der Waals surface area contributed by atoms with Gasteiger partial charge in [0.15, 0.2) is 5.76 Å². The monoisotopic (exact) mass is 246 g/mol. The van der Waals surface area contributed by atoms with E-state index in [9.17, 15) is 18.0 Å². The van der Waals surface area contributed by atoms with Crippen LogP contribution in [-0.4, -0.2) is 12.8 Å². The van der Waals surface area contributed by atoms with Crippen LogP contribution in [0.25, 0.3) is 0 Å². The number of benzene rings is 1. The summed E-state index contributed by atoms with van der Waals surface area (Å²) in [4.78, 5) is 11.1. The molecule has 0 heterocycles. The van der Waals surface area contributed by atoms with E-state index in [-0.39, 0.29) is 11.3 Å². The van der Waals surface area contributed by atoms with Crippen molar-refractivity contribution < 1.29 is 27.4 Å². The maximum absolute atomic E-state index is 12.1. The Kier molecular flexibility index (Phi) is 4.56. The van der Waals surface area contributed by atoms with Crippen molar-refractivity contribution in [3.63, 3.8) is 0 Å². The van der Waals surface area contributed by atoms with Crippen molar-refractivity contribution in [3.8, 4) is 5.75 Å². The van der Waals surface area contributed by atoms with E-state index in [0.717, 1.165) is 6.92 Å². The van der Waals surface area contributed by atoms with Crippen LogP contribution in [0, 0.1) is 0 Å². The van der Waals surface area contributed by atoms with E-state index in [0.29, 0.717) is 0 Å². The molecular formula is C11H9F3O3. The first kappa shape index (κ1) is 13.1. The molecule has 0 aliphatic heterocycles. The molecule has 0 atom stereocenters. The summed E-state index contributed by atoms with van der Waals surface area (Å²) in [5.74, 6) is -1.21. The predicted octanol–water partition coefficient (Wildman–Crippen LogP) is 3.28. The molecule has 0 spiro atoms. The molecule has 1 aromatic rings. The Balaban J connectivity index is 2.75. The minimum absolute atomic E-state index is 0.109. The molecule has 6 heteroatoms. The highest BCUT2D eigenvalue weighted by molar-refractivity contribution is 5.89. The fourth-order valence-corrected chi connectivity index (χ4v) is 1.01. The molecule has 0 saturated heterocycles. The van der Waals surface area contributed by atoms with Crippen molar-refractivity contribution >= 4 is 5.97 Å². The van der Waals surface area contributed by atoms with Crippen LogP contribution in [0.3, 0.4) is 0 Å². The van der Waals surface area contributed by atoms with Crippen molar-refractivity contribution in [2.45, 2.75) is 6.92 Å². The van der Waals surface area contributed by atoms with E-state index in [1.54, 1.807) is 0 Å². The number of halogens is 3. The van der Waals surface area contributed by atoms with Crippen LogP contribution in [0.5, 0.6) is 5.75 Å². The molecule has 0 amide bonds. The Morgan fingerprint density at radius 2 is 1.82 bits per heavy atom. The second-order valence-electron chi connectivity index (χ2n) is 2.98. The number of esters is 1. The predicted molar refractivity (Wildman–Crippen MR) is 53.4 cm³/mol. The Hall–Kier alpha value is -1.98. The smallest absolute Gasteiger partial charge is 0.340 e. The van der Waals surface area contributed by atoms with Crippen molar-refractivity contribution in [3.05, 3.63) is 41.7 Å². The number of rotatable bonds is 4. The highest BCUT2D eigenvalue weighted by atomic mass is 19.3. The van der Waals surface area contributed by atoms with Gasteiger partial charge in [0.2, 0.25) is 6.86 Å². The Bertz CT molecular complexity index is 422. The lowest BCUT2D eigenvalue weighted by molar-refractivity contribution is 0.0324. The van der Waals surface area contributed by atoms with Crippen LogP contribution in [-0.2, 0) is 4.74 Å². The van der Waals surface area contributed by atoms with Gasteiger partial charge >= 0.3 is 12.0 Å². The van der Waals surface area contributed by atoms with Crippen molar-refractivity contribution in [2.24, 2.45) is 0 Å². The summed E-state index contributed by atoms with van der Waals surface area (Å²) in [7, 11) is 0. The van der Waals surface area contributed by atoms with Crippen LogP contribution in [0.15, 0.2) is 36.1 Å². The van der Waals surface area contributed by atoms with Crippen LogP contribution >= 0.6 is 0 Å². The fraction of sp³-hybridized carbons (Fsp3) is 0.182. The highest BCUT2D eigenvalue weighted by Gasteiger charge is 2.08. The number of carbonyl (C=O) groups excluding carboxylic acids is 1. The van der Waals surface area contributed by atoms with Gasteiger partial charge in [0, 0.05) is 0 Å². The summed E-state index contributed by atoms with van der Waals surface area (Å²) in [6.07, 6.45) is -1.93. The summed E-state index contributed by atoms with van der Waals surface area (Å²) >= 11 is 0. The minimum atomic E-state index is -1.93. The Morgan fingerprint density at radius 1 is 1.24 bits per heavy atom. The van der Waals surface area contributed by atoms with Crippen LogP contribution < -0.4 is 4.74 Å². The number of alkyl halides is 1. The van der Waals surface area contributed by atoms with E-state index < -0.39 is 24.7 Å². The molecule has 0 saturated carbocycles. The van der Waals surface area contributed by atoms with Gasteiger partial charge in [0.1, 0.15) is 5.75 Å². The minimum Gasteiger partial charge on any atom is -0.456 e. The molecule has 1 aromatic carbocycles. The molecule has 0 bridgehead atoms. The second kappa shape index (κ2) is 5.93. The van der Waals surface area contributed by atoms with Gasteiger partial charge in [-0.1, -0.05) is 0 Å². The lowest BCUT2D eigenvalue weighted by Crippen LogP contribution is -2.03. The zero-order valence-electron chi connectivity index (χ0n) is 8.88. The maximum Gasteiger partial charge on any atom is 0.340 e. The number of carbonyl (C=O) groups is 1. The molecule has 17 heavy (non-hydrogen) atoms. The van der Waals surface area contributed by atoms with E-state index >= 15 is 0 Å². The average molecular weight is 246 g/mol. The van der Waals surface area contributed by atoms with Gasteiger partial charge < -0.3 is 9.47 Å². The van der Waals surface area contributed by atoms with Gasteiger partial charge in [-0.25, -0.2) is 9.18 Å². The van der Waals surface area contributed by atoms with Gasteiger partial charge in [-0.05, 0) is 31.2 Å². The quantitative estimate of drug-likeness (QED) is 0.604. The SMILES string of the molecule is CC(Oc1ccc(C(=O)OCF)cc1)=C(F)F. The molecule has 0 fully saturated rings. The zero-order valence-corrected chi connectivity index (χ0v) is 8.88. The highest BCUT2D eigenvalue weighted by Crippen LogP contribution is 2.18. The van der Waals surface area contributed by atoms with Gasteiger partial charge in [0.25, 0.3) is 0 Å².